The average Bonchev–Trinajstić information content (AvgIpc) is 2.90. The Kier molecular flexibility index (Phi) is 3.26. The summed E-state index contributed by atoms with van der Waals surface area (Å²) in [6.45, 7) is 5.93. The van der Waals surface area contributed by atoms with Crippen molar-refractivity contribution in [1.29, 1.82) is 0 Å². The molecular weight excluding hydrogens is 250 g/mol. The highest BCUT2D eigenvalue weighted by Crippen LogP contribution is 2.19. The molecule has 0 radical (unpaired) electrons. The molecule has 106 valence electrons. The van der Waals surface area contributed by atoms with Gasteiger partial charge in [-0.05, 0) is 44.5 Å². The van der Waals surface area contributed by atoms with Gasteiger partial charge in [0.05, 0.1) is 0 Å². The Bertz CT molecular complexity index is 621. The van der Waals surface area contributed by atoms with Gasteiger partial charge in [-0.15, -0.1) is 0 Å². The number of carbonyl (C=O) groups is 1. The van der Waals surface area contributed by atoms with Crippen LogP contribution >= 0.6 is 0 Å². The highest BCUT2D eigenvalue weighted by Gasteiger charge is 2.29. The summed E-state index contributed by atoms with van der Waals surface area (Å²) in [7, 11) is 2.13. The number of hydrogen-bond acceptors (Lipinski definition) is 2. The topological polar surface area (TPSA) is 39.3 Å². The molecule has 1 saturated heterocycles. The van der Waals surface area contributed by atoms with E-state index in [9.17, 15) is 4.79 Å². The van der Waals surface area contributed by atoms with Gasteiger partial charge in [0.15, 0.2) is 0 Å². The average molecular weight is 271 g/mol. The highest BCUT2D eigenvalue weighted by atomic mass is 16.2. The van der Waals surface area contributed by atoms with Crippen molar-refractivity contribution < 1.29 is 4.79 Å². The molecule has 2 unspecified atom stereocenters. The molecule has 4 nitrogen and oxygen atoms in total. The van der Waals surface area contributed by atoms with Crippen LogP contribution in [0, 0.1) is 0 Å². The molecule has 1 N–H and O–H groups in total. The second-order valence-corrected chi connectivity index (χ2v) is 5.85. The second-order valence-electron chi connectivity index (χ2n) is 5.85. The third-order valence-corrected chi connectivity index (χ3v) is 4.45. The Labute approximate surface area is 119 Å². The normalized spacial score (nSPS) is 24.2. The number of aromatic nitrogens is 1. The molecule has 1 aliphatic rings. The van der Waals surface area contributed by atoms with Crippen LogP contribution in [0.25, 0.3) is 10.9 Å². The molecular formula is C16H21N3O. The van der Waals surface area contributed by atoms with Crippen LogP contribution in [0.2, 0.25) is 0 Å². The van der Waals surface area contributed by atoms with Crippen LogP contribution in [0.15, 0.2) is 30.5 Å². The number of likely N-dealkylation sites (N-methyl/N-ethyl adjacent to an activating group) is 1. The highest BCUT2D eigenvalue weighted by molar-refractivity contribution is 5.98. The first-order valence-corrected chi connectivity index (χ1v) is 7.14. The SMILES string of the molecule is CC1CN(C(=O)c2ccc3cc[nH]c3c2)CC(C)N1C. The molecule has 1 aromatic heterocycles. The largest absolute Gasteiger partial charge is 0.361 e. The number of benzene rings is 1. The van der Waals surface area contributed by atoms with Crippen molar-refractivity contribution in [3.63, 3.8) is 0 Å². The molecule has 1 aromatic carbocycles. The predicted molar refractivity (Wildman–Crippen MR) is 80.9 cm³/mol. The van der Waals surface area contributed by atoms with E-state index in [1.165, 1.54) is 0 Å². The van der Waals surface area contributed by atoms with E-state index in [-0.39, 0.29) is 5.91 Å². The van der Waals surface area contributed by atoms with E-state index in [2.05, 4.69) is 30.8 Å². The van der Waals surface area contributed by atoms with E-state index < -0.39 is 0 Å². The Balaban J connectivity index is 1.84. The van der Waals surface area contributed by atoms with Crippen LogP contribution < -0.4 is 0 Å². The molecule has 1 amide bonds. The monoisotopic (exact) mass is 271 g/mol. The number of nitrogens with one attached hydrogen (secondary N) is 1. The summed E-state index contributed by atoms with van der Waals surface area (Å²) in [6, 6.07) is 8.69. The summed E-state index contributed by atoms with van der Waals surface area (Å²) in [5, 5.41) is 1.14. The minimum atomic E-state index is 0.133. The van der Waals surface area contributed by atoms with Crippen LogP contribution in [-0.2, 0) is 0 Å². The Morgan fingerprint density at radius 3 is 2.60 bits per heavy atom. The summed E-state index contributed by atoms with van der Waals surface area (Å²) >= 11 is 0. The summed E-state index contributed by atoms with van der Waals surface area (Å²) in [6.07, 6.45) is 1.90. The number of hydrogen-bond donors (Lipinski definition) is 1. The molecule has 0 saturated carbocycles. The van der Waals surface area contributed by atoms with Crippen LogP contribution in [0.4, 0.5) is 0 Å². The van der Waals surface area contributed by atoms with Gasteiger partial charge in [-0.25, -0.2) is 0 Å². The maximum absolute atomic E-state index is 12.7. The molecule has 0 bridgehead atoms. The predicted octanol–water partition coefficient (Wildman–Crippen LogP) is 2.33. The molecule has 1 fully saturated rings. The lowest BCUT2D eigenvalue weighted by Crippen LogP contribution is -2.56. The van der Waals surface area contributed by atoms with Gasteiger partial charge in [0.1, 0.15) is 0 Å². The van der Waals surface area contributed by atoms with E-state index in [1.54, 1.807) is 0 Å². The Morgan fingerprint density at radius 1 is 1.20 bits per heavy atom. The van der Waals surface area contributed by atoms with E-state index in [0.29, 0.717) is 12.1 Å². The van der Waals surface area contributed by atoms with Crippen molar-refractivity contribution in [3.05, 3.63) is 36.0 Å². The van der Waals surface area contributed by atoms with Crippen molar-refractivity contribution in [2.45, 2.75) is 25.9 Å². The second kappa shape index (κ2) is 4.94. The number of amides is 1. The number of rotatable bonds is 1. The van der Waals surface area contributed by atoms with Gasteiger partial charge >= 0.3 is 0 Å². The molecule has 2 heterocycles. The molecule has 0 spiro atoms. The number of aromatic amines is 1. The zero-order chi connectivity index (χ0) is 14.3. The van der Waals surface area contributed by atoms with Crippen molar-refractivity contribution in [2.75, 3.05) is 20.1 Å². The fourth-order valence-electron chi connectivity index (χ4n) is 2.93. The molecule has 20 heavy (non-hydrogen) atoms. The summed E-state index contributed by atoms with van der Waals surface area (Å²) < 4.78 is 0. The summed E-state index contributed by atoms with van der Waals surface area (Å²) in [5.41, 5.74) is 1.79. The van der Waals surface area contributed by atoms with E-state index >= 15 is 0 Å². The van der Waals surface area contributed by atoms with Crippen molar-refractivity contribution in [2.24, 2.45) is 0 Å². The number of fused-ring (bicyclic) bond motifs is 1. The first-order valence-electron chi connectivity index (χ1n) is 7.14. The fraction of sp³-hybridized carbons (Fsp3) is 0.438. The van der Waals surface area contributed by atoms with Gasteiger partial charge in [0.2, 0.25) is 0 Å². The minimum Gasteiger partial charge on any atom is -0.361 e. The minimum absolute atomic E-state index is 0.133. The van der Waals surface area contributed by atoms with Crippen LogP contribution in [0.3, 0.4) is 0 Å². The quantitative estimate of drug-likeness (QED) is 0.864. The zero-order valence-corrected chi connectivity index (χ0v) is 12.3. The molecule has 4 heteroatoms. The van der Waals surface area contributed by atoms with Gasteiger partial charge in [0.25, 0.3) is 5.91 Å². The standard InChI is InChI=1S/C16H21N3O/c1-11-9-19(10-12(2)18(11)3)16(20)14-5-4-13-6-7-17-15(13)8-14/h4-8,11-12,17H,9-10H2,1-3H3. The Hall–Kier alpha value is -1.81. The van der Waals surface area contributed by atoms with Crippen molar-refractivity contribution >= 4 is 16.8 Å². The molecule has 1 aliphatic heterocycles. The lowest BCUT2D eigenvalue weighted by Gasteiger charge is -2.42. The van der Waals surface area contributed by atoms with Crippen molar-refractivity contribution in [1.82, 2.24) is 14.8 Å². The molecule has 0 aliphatic carbocycles. The van der Waals surface area contributed by atoms with Gasteiger partial charge < -0.3 is 9.88 Å². The van der Waals surface area contributed by atoms with E-state index in [0.717, 1.165) is 29.6 Å². The third-order valence-electron chi connectivity index (χ3n) is 4.45. The van der Waals surface area contributed by atoms with Crippen LogP contribution in [-0.4, -0.2) is 52.9 Å². The lowest BCUT2D eigenvalue weighted by molar-refractivity contribution is 0.0414. The number of piperazine rings is 1. The summed E-state index contributed by atoms with van der Waals surface area (Å²) in [4.78, 5) is 20.1. The van der Waals surface area contributed by atoms with Crippen LogP contribution in [0.5, 0.6) is 0 Å². The number of nitrogens with zero attached hydrogens (tertiary/aromatic N) is 2. The molecule has 2 aromatic rings. The van der Waals surface area contributed by atoms with Gasteiger partial charge in [-0.3, -0.25) is 9.69 Å². The fourth-order valence-corrected chi connectivity index (χ4v) is 2.93. The van der Waals surface area contributed by atoms with Gasteiger partial charge in [-0.2, -0.15) is 0 Å². The number of carbonyl (C=O) groups excluding carboxylic acids is 1. The van der Waals surface area contributed by atoms with Gasteiger partial charge in [-0.1, -0.05) is 6.07 Å². The Morgan fingerprint density at radius 2 is 1.90 bits per heavy atom. The maximum atomic E-state index is 12.7. The first-order chi connectivity index (χ1) is 9.56. The summed E-state index contributed by atoms with van der Waals surface area (Å²) in [5.74, 6) is 0.133. The van der Waals surface area contributed by atoms with E-state index in [4.69, 9.17) is 0 Å². The van der Waals surface area contributed by atoms with Gasteiger partial charge in [0, 0.05) is 42.5 Å². The van der Waals surface area contributed by atoms with E-state index in [1.807, 2.05) is 35.4 Å². The van der Waals surface area contributed by atoms with Crippen molar-refractivity contribution in [3.8, 4) is 0 Å². The lowest BCUT2D eigenvalue weighted by atomic mass is 10.1. The zero-order valence-electron chi connectivity index (χ0n) is 12.3. The third kappa shape index (κ3) is 2.20. The first kappa shape index (κ1) is 13.2. The maximum Gasteiger partial charge on any atom is 0.254 e. The molecule has 2 atom stereocenters. The smallest absolute Gasteiger partial charge is 0.254 e. The number of H-pyrrole nitrogens is 1. The molecule has 3 rings (SSSR count). The van der Waals surface area contributed by atoms with Crippen LogP contribution in [0.1, 0.15) is 24.2 Å².